The molecule has 114 valence electrons. The van der Waals surface area contributed by atoms with Crippen LogP contribution in [-0.4, -0.2) is 13.0 Å². The number of benzene rings is 1. The van der Waals surface area contributed by atoms with Gasteiger partial charge < -0.3 is 4.57 Å². The Hall–Kier alpha value is -1.09. The highest BCUT2D eigenvalue weighted by atomic mass is 79.9. The van der Waals surface area contributed by atoms with Crippen LogP contribution in [0, 0.1) is 0 Å². The van der Waals surface area contributed by atoms with Gasteiger partial charge in [-0.1, -0.05) is 12.1 Å². The molecule has 0 spiro atoms. The molecule has 0 fully saturated rings. The van der Waals surface area contributed by atoms with E-state index in [0.29, 0.717) is 5.69 Å². The minimum absolute atomic E-state index is 0.244. The van der Waals surface area contributed by atoms with Crippen LogP contribution in [0.1, 0.15) is 0 Å². The lowest BCUT2D eigenvalue weighted by molar-refractivity contribution is 0.603. The van der Waals surface area contributed by atoms with Crippen molar-refractivity contribution in [2.24, 2.45) is 0 Å². The van der Waals surface area contributed by atoms with Crippen molar-refractivity contribution >= 4 is 58.9 Å². The Morgan fingerprint density at radius 3 is 2.36 bits per heavy atom. The second-order valence-electron chi connectivity index (χ2n) is 4.40. The molecule has 0 atom stereocenters. The minimum atomic E-state index is -3.63. The standard InChI is InChI=1S/C14H10Br2N2O2S2/c15-10-9-13(21-14(10)16)22(19,20)17-11-5-1-2-6-12(11)18-7-3-4-8-18/h1-9,17H. The summed E-state index contributed by atoms with van der Waals surface area (Å²) in [6.07, 6.45) is 3.73. The normalized spacial score (nSPS) is 11.5. The number of halogens is 2. The van der Waals surface area contributed by atoms with Crippen molar-refractivity contribution in [3.05, 3.63) is 63.1 Å². The molecule has 3 aromatic rings. The van der Waals surface area contributed by atoms with Gasteiger partial charge in [-0.15, -0.1) is 11.3 Å². The summed E-state index contributed by atoms with van der Waals surface area (Å²) >= 11 is 7.78. The van der Waals surface area contributed by atoms with Gasteiger partial charge in [0.2, 0.25) is 0 Å². The zero-order chi connectivity index (χ0) is 15.7. The molecule has 8 heteroatoms. The fourth-order valence-corrected chi connectivity index (χ4v) is 5.83. The first kappa shape index (κ1) is 15.8. The number of nitrogens with zero attached hydrogens (tertiary/aromatic N) is 1. The van der Waals surface area contributed by atoms with Gasteiger partial charge in [0.15, 0.2) is 0 Å². The zero-order valence-corrected chi connectivity index (χ0v) is 15.8. The van der Waals surface area contributed by atoms with Crippen molar-refractivity contribution in [2.45, 2.75) is 4.21 Å². The average molecular weight is 462 g/mol. The van der Waals surface area contributed by atoms with E-state index >= 15 is 0 Å². The molecular weight excluding hydrogens is 452 g/mol. The van der Waals surface area contributed by atoms with E-state index in [4.69, 9.17) is 0 Å². The van der Waals surface area contributed by atoms with E-state index in [9.17, 15) is 8.42 Å². The van der Waals surface area contributed by atoms with Crippen LogP contribution in [-0.2, 0) is 10.0 Å². The van der Waals surface area contributed by atoms with E-state index in [-0.39, 0.29) is 4.21 Å². The zero-order valence-electron chi connectivity index (χ0n) is 11.0. The number of nitrogens with one attached hydrogen (secondary N) is 1. The third-order valence-corrected chi connectivity index (χ3v) is 8.01. The molecule has 0 saturated heterocycles. The van der Waals surface area contributed by atoms with Crippen LogP contribution in [0.15, 0.2) is 67.3 Å². The van der Waals surface area contributed by atoms with E-state index in [1.165, 1.54) is 0 Å². The van der Waals surface area contributed by atoms with Gasteiger partial charge >= 0.3 is 0 Å². The van der Waals surface area contributed by atoms with E-state index in [1.54, 1.807) is 18.2 Å². The molecular formula is C14H10Br2N2O2S2. The molecule has 0 radical (unpaired) electrons. The number of hydrogen-bond acceptors (Lipinski definition) is 3. The van der Waals surface area contributed by atoms with E-state index in [0.717, 1.165) is 25.3 Å². The monoisotopic (exact) mass is 460 g/mol. The molecule has 0 amide bonds. The van der Waals surface area contributed by atoms with Gasteiger partial charge in [-0.3, -0.25) is 4.72 Å². The van der Waals surface area contributed by atoms with Crippen molar-refractivity contribution in [1.82, 2.24) is 4.57 Å². The van der Waals surface area contributed by atoms with Gasteiger partial charge in [0.25, 0.3) is 10.0 Å². The summed E-state index contributed by atoms with van der Waals surface area (Å²) in [4.78, 5) is 0. The Morgan fingerprint density at radius 2 is 1.73 bits per heavy atom. The van der Waals surface area contributed by atoms with Crippen molar-refractivity contribution in [3.8, 4) is 5.69 Å². The van der Waals surface area contributed by atoms with Crippen molar-refractivity contribution < 1.29 is 8.42 Å². The van der Waals surface area contributed by atoms with Gasteiger partial charge in [0, 0.05) is 16.9 Å². The summed E-state index contributed by atoms with van der Waals surface area (Å²) in [5.74, 6) is 0. The Bertz CT molecular complexity index is 883. The number of rotatable bonds is 4. The third kappa shape index (κ3) is 3.15. The number of para-hydroxylation sites is 2. The third-order valence-electron chi connectivity index (χ3n) is 2.92. The maximum atomic E-state index is 12.5. The van der Waals surface area contributed by atoms with Gasteiger partial charge in [-0.2, -0.15) is 0 Å². The first-order chi connectivity index (χ1) is 10.5. The van der Waals surface area contributed by atoms with Crippen LogP contribution in [0.2, 0.25) is 0 Å². The molecule has 0 unspecified atom stereocenters. The summed E-state index contributed by atoms with van der Waals surface area (Å²) in [7, 11) is -3.63. The molecule has 4 nitrogen and oxygen atoms in total. The lowest BCUT2D eigenvalue weighted by Crippen LogP contribution is -2.13. The van der Waals surface area contributed by atoms with Gasteiger partial charge in [0.1, 0.15) is 4.21 Å². The molecule has 0 saturated carbocycles. The highest BCUT2D eigenvalue weighted by Crippen LogP contribution is 2.36. The molecule has 1 aromatic carbocycles. The second-order valence-corrected chi connectivity index (χ2v) is 9.53. The van der Waals surface area contributed by atoms with Crippen molar-refractivity contribution in [2.75, 3.05) is 4.72 Å². The second kappa shape index (κ2) is 6.19. The van der Waals surface area contributed by atoms with Crippen LogP contribution in [0.25, 0.3) is 5.69 Å². The first-order valence-corrected chi connectivity index (χ1v) is 10.1. The molecule has 0 bridgehead atoms. The Balaban J connectivity index is 2.00. The van der Waals surface area contributed by atoms with Crippen LogP contribution >= 0.6 is 43.2 Å². The fraction of sp³-hybridized carbons (Fsp3) is 0. The summed E-state index contributed by atoms with van der Waals surface area (Å²) in [5.41, 5.74) is 1.30. The maximum absolute atomic E-state index is 12.5. The van der Waals surface area contributed by atoms with Crippen molar-refractivity contribution in [1.29, 1.82) is 0 Å². The van der Waals surface area contributed by atoms with Crippen LogP contribution < -0.4 is 4.72 Å². The molecule has 22 heavy (non-hydrogen) atoms. The van der Waals surface area contributed by atoms with Gasteiger partial charge in [-0.05, 0) is 62.2 Å². The van der Waals surface area contributed by atoms with E-state index in [1.807, 2.05) is 41.2 Å². The lowest BCUT2D eigenvalue weighted by Gasteiger charge is -2.12. The minimum Gasteiger partial charge on any atom is -0.322 e. The Labute approximate surface area is 149 Å². The Kier molecular flexibility index (Phi) is 4.44. The predicted octanol–water partition coefficient (Wildman–Crippen LogP) is 4.86. The fourth-order valence-electron chi connectivity index (χ4n) is 1.93. The molecule has 1 N–H and O–H groups in total. The molecule has 3 rings (SSSR count). The smallest absolute Gasteiger partial charge is 0.271 e. The predicted molar refractivity (Wildman–Crippen MR) is 96.3 cm³/mol. The summed E-state index contributed by atoms with van der Waals surface area (Å²) < 4.78 is 31.3. The summed E-state index contributed by atoms with van der Waals surface area (Å²) in [6.45, 7) is 0. The molecule has 2 heterocycles. The van der Waals surface area contributed by atoms with Gasteiger partial charge in [-0.25, -0.2) is 8.42 Å². The van der Waals surface area contributed by atoms with E-state index in [2.05, 4.69) is 36.6 Å². The van der Waals surface area contributed by atoms with Gasteiger partial charge in [0.05, 0.1) is 15.2 Å². The average Bonchev–Trinajstić information content (AvgIpc) is 3.10. The topological polar surface area (TPSA) is 51.1 Å². The summed E-state index contributed by atoms with van der Waals surface area (Å²) in [5, 5.41) is 0. The molecule has 0 aliphatic heterocycles. The van der Waals surface area contributed by atoms with Crippen molar-refractivity contribution in [3.63, 3.8) is 0 Å². The SMILES string of the molecule is O=S(=O)(Nc1ccccc1-n1cccc1)c1cc(Br)c(Br)s1. The highest BCUT2D eigenvalue weighted by Gasteiger charge is 2.20. The molecule has 0 aliphatic rings. The molecule has 0 aliphatic carbocycles. The largest absolute Gasteiger partial charge is 0.322 e. The van der Waals surface area contributed by atoms with Crippen LogP contribution in [0.4, 0.5) is 5.69 Å². The number of hydrogen-bond donors (Lipinski definition) is 1. The lowest BCUT2D eigenvalue weighted by atomic mass is 10.3. The molecule has 2 aromatic heterocycles. The number of aromatic nitrogens is 1. The number of thiophene rings is 1. The quantitative estimate of drug-likeness (QED) is 0.602. The van der Waals surface area contributed by atoms with Crippen LogP contribution in [0.5, 0.6) is 0 Å². The maximum Gasteiger partial charge on any atom is 0.271 e. The number of sulfonamides is 1. The Morgan fingerprint density at radius 1 is 1.05 bits per heavy atom. The summed E-state index contributed by atoms with van der Waals surface area (Å²) in [6, 6.07) is 12.6. The van der Waals surface area contributed by atoms with Crippen LogP contribution in [0.3, 0.4) is 0 Å². The highest BCUT2D eigenvalue weighted by molar-refractivity contribution is 9.13. The first-order valence-electron chi connectivity index (χ1n) is 6.17. The van der Waals surface area contributed by atoms with E-state index < -0.39 is 10.0 Å². The number of anilines is 1.